The summed E-state index contributed by atoms with van der Waals surface area (Å²) in [5, 5.41) is 2.55. The van der Waals surface area contributed by atoms with Gasteiger partial charge < -0.3 is 10.1 Å². The van der Waals surface area contributed by atoms with Gasteiger partial charge in [-0.25, -0.2) is 9.18 Å². The molecular weight excluding hydrogens is 185 g/mol. The molecule has 0 bridgehead atoms. The largest absolute Gasteiger partial charge is 0.444 e. The molecule has 0 saturated heterocycles. The van der Waals surface area contributed by atoms with E-state index in [0.29, 0.717) is 12.8 Å². The highest BCUT2D eigenvalue weighted by Crippen LogP contribution is 2.22. The normalized spacial score (nSPS) is 27.4. The molecule has 1 aliphatic carbocycles. The van der Waals surface area contributed by atoms with Gasteiger partial charge in [-0.05, 0) is 40.0 Å². The van der Waals surface area contributed by atoms with E-state index in [4.69, 9.17) is 4.74 Å². The highest BCUT2D eigenvalue weighted by molar-refractivity contribution is 5.68. The van der Waals surface area contributed by atoms with E-state index in [-0.39, 0.29) is 6.04 Å². The van der Waals surface area contributed by atoms with Crippen molar-refractivity contribution in [3.05, 3.63) is 0 Å². The van der Waals surface area contributed by atoms with Crippen molar-refractivity contribution in [2.24, 2.45) is 0 Å². The molecule has 0 heterocycles. The number of alkyl halides is 1. The van der Waals surface area contributed by atoms with Crippen molar-refractivity contribution in [2.45, 2.75) is 57.8 Å². The summed E-state index contributed by atoms with van der Waals surface area (Å²) < 4.78 is 18.1. The number of halogens is 1. The van der Waals surface area contributed by atoms with Crippen LogP contribution in [-0.2, 0) is 4.74 Å². The van der Waals surface area contributed by atoms with Crippen molar-refractivity contribution in [3.8, 4) is 0 Å². The molecule has 0 radical (unpaired) electrons. The highest BCUT2D eigenvalue weighted by atomic mass is 19.1. The standard InChI is InChI=1S/C10H18FNO2/c1-10(2,3)14-9(13)12-8-6-4-5-7(8)11/h7-8H,4-6H2,1-3H3,(H,12,13)/t7-,8+/m1/s1. The number of hydrogen-bond donors (Lipinski definition) is 1. The third-order valence-corrected chi connectivity index (χ3v) is 2.13. The second kappa shape index (κ2) is 4.15. The maximum atomic E-state index is 13.1. The van der Waals surface area contributed by atoms with Crippen LogP contribution >= 0.6 is 0 Å². The van der Waals surface area contributed by atoms with Gasteiger partial charge in [0, 0.05) is 0 Å². The molecule has 82 valence electrons. The number of carbonyl (C=O) groups excluding carboxylic acids is 1. The van der Waals surface area contributed by atoms with E-state index in [1.165, 1.54) is 0 Å². The lowest BCUT2D eigenvalue weighted by Crippen LogP contribution is -2.41. The van der Waals surface area contributed by atoms with Gasteiger partial charge in [0.25, 0.3) is 0 Å². The van der Waals surface area contributed by atoms with Gasteiger partial charge in [-0.3, -0.25) is 0 Å². The average Bonchev–Trinajstić information content (AvgIpc) is 2.32. The van der Waals surface area contributed by atoms with Gasteiger partial charge >= 0.3 is 6.09 Å². The summed E-state index contributed by atoms with van der Waals surface area (Å²) in [6.45, 7) is 5.36. The van der Waals surface area contributed by atoms with E-state index in [0.717, 1.165) is 6.42 Å². The van der Waals surface area contributed by atoms with Crippen LogP contribution < -0.4 is 5.32 Å². The lowest BCUT2D eigenvalue weighted by atomic mass is 10.2. The fraction of sp³-hybridized carbons (Fsp3) is 0.900. The highest BCUT2D eigenvalue weighted by Gasteiger charge is 2.29. The number of alkyl carbamates (subject to hydrolysis) is 1. The SMILES string of the molecule is CC(C)(C)OC(=O)N[C@H]1CCC[C@H]1F. The average molecular weight is 203 g/mol. The molecule has 0 aromatic carbocycles. The van der Waals surface area contributed by atoms with Gasteiger partial charge in [0.2, 0.25) is 0 Å². The van der Waals surface area contributed by atoms with E-state index in [1.807, 2.05) is 0 Å². The summed E-state index contributed by atoms with van der Waals surface area (Å²) in [6.07, 6.45) is 0.650. The van der Waals surface area contributed by atoms with Crippen LogP contribution in [0.4, 0.5) is 9.18 Å². The Kier molecular flexibility index (Phi) is 3.34. The molecule has 14 heavy (non-hydrogen) atoms. The van der Waals surface area contributed by atoms with Crippen LogP contribution in [0.3, 0.4) is 0 Å². The minimum atomic E-state index is -0.914. The third kappa shape index (κ3) is 3.52. The minimum Gasteiger partial charge on any atom is -0.444 e. The smallest absolute Gasteiger partial charge is 0.407 e. The van der Waals surface area contributed by atoms with Crippen molar-refractivity contribution in [1.29, 1.82) is 0 Å². The Morgan fingerprint density at radius 3 is 2.50 bits per heavy atom. The van der Waals surface area contributed by atoms with Crippen molar-refractivity contribution < 1.29 is 13.9 Å². The first-order valence-electron chi connectivity index (χ1n) is 5.02. The number of rotatable bonds is 1. The summed E-state index contributed by atoms with van der Waals surface area (Å²) in [5.41, 5.74) is -0.519. The summed E-state index contributed by atoms with van der Waals surface area (Å²) >= 11 is 0. The summed E-state index contributed by atoms with van der Waals surface area (Å²) in [4.78, 5) is 11.3. The Hall–Kier alpha value is -0.800. The molecule has 1 fully saturated rings. The maximum Gasteiger partial charge on any atom is 0.407 e. The lowest BCUT2D eigenvalue weighted by Gasteiger charge is -2.22. The van der Waals surface area contributed by atoms with Crippen LogP contribution in [-0.4, -0.2) is 23.9 Å². The Balaban J connectivity index is 2.33. The third-order valence-electron chi connectivity index (χ3n) is 2.13. The first-order chi connectivity index (χ1) is 6.38. The predicted molar refractivity (Wildman–Crippen MR) is 51.9 cm³/mol. The molecule has 0 unspecified atom stereocenters. The van der Waals surface area contributed by atoms with Crippen LogP contribution in [0.1, 0.15) is 40.0 Å². The van der Waals surface area contributed by atoms with Crippen LogP contribution in [0.25, 0.3) is 0 Å². The number of hydrogen-bond acceptors (Lipinski definition) is 2. The van der Waals surface area contributed by atoms with Gasteiger partial charge in [0.1, 0.15) is 11.8 Å². The number of nitrogens with one attached hydrogen (secondary N) is 1. The van der Waals surface area contributed by atoms with E-state index in [2.05, 4.69) is 5.32 Å². The van der Waals surface area contributed by atoms with Crippen LogP contribution in [0.2, 0.25) is 0 Å². The summed E-state index contributed by atoms with van der Waals surface area (Å²) in [6, 6.07) is -0.357. The van der Waals surface area contributed by atoms with Crippen molar-refractivity contribution >= 4 is 6.09 Å². The molecule has 2 atom stereocenters. The quantitative estimate of drug-likeness (QED) is 0.710. The molecule has 1 saturated carbocycles. The predicted octanol–water partition coefficient (Wildman–Crippen LogP) is 2.40. The fourth-order valence-corrected chi connectivity index (χ4v) is 1.54. The van der Waals surface area contributed by atoms with Crippen LogP contribution in [0.5, 0.6) is 0 Å². The molecule has 0 aliphatic heterocycles. The van der Waals surface area contributed by atoms with Crippen LogP contribution in [0, 0.1) is 0 Å². The number of amides is 1. The molecule has 1 rings (SSSR count). The van der Waals surface area contributed by atoms with E-state index in [1.54, 1.807) is 20.8 Å². The Bertz CT molecular complexity index is 213. The topological polar surface area (TPSA) is 38.3 Å². The molecule has 1 aliphatic rings. The molecule has 3 nitrogen and oxygen atoms in total. The Morgan fingerprint density at radius 2 is 2.07 bits per heavy atom. The zero-order valence-electron chi connectivity index (χ0n) is 8.97. The number of ether oxygens (including phenoxy) is 1. The molecule has 1 N–H and O–H groups in total. The van der Waals surface area contributed by atoms with Gasteiger partial charge in [-0.15, -0.1) is 0 Å². The first kappa shape index (κ1) is 11.3. The number of carbonyl (C=O) groups is 1. The van der Waals surface area contributed by atoms with Crippen LogP contribution in [0.15, 0.2) is 0 Å². The second-order valence-corrected chi connectivity index (χ2v) is 4.70. The van der Waals surface area contributed by atoms with Crippen molar-refractivity contribution in [1.82, 2.24) is 5.32 Å². The maximum absolute atomic E-state index is 13.1. The van der Waals surface area contributed by atoms with E-state index < -0.39 is 17.9 Å². The van der Waals surface area contributed by atoms with Gasteiger partial charge in [0.15, 0.2) is 0 Å². The molecule has 4 heteroatoms. The van der Waals surface area contributed by atoms with E-state index >= 15 is 0 Å². The zero-order chi connectivity index (χ0) is 10.8. The van der Waals surface area contributed by atoms with E-state index in [9.17, 15) is 9.18 Å². The van der Waals surface area contributed by atoms with Crippen molar-refractivity contribution in [3.63, 3.8) is 0 Å². The first-order valence-corrected chi connectivity index (χ1v) is 5.02. The van der Waals surface area contributed by atoms with Crippen molar-refractivity contribution in [2.75, 3.05) is 0 Å². The molecular formula is C10H18FNO2. The van der Waals surface area contributed by atoms with Gasteiger partial charge in [0.05, 0.1) is 6.04 Å². The summed E-state index contributed by atoms with van der Waals surface area (Å²) in [5.74, 6) is 0. The zero-order valence-corrected chi connectivity index (χ0v) is 8.97. The molecule has 0 aromatic heterocycles. The lowest BCUT2D eigenvalue weighted by molar-refractivity contribution is 0.0484. The van der Waals surface area contributed by atoms with Gasteiger partial charge in [-0.2, -0.15) is 0 Å². The monoisotopic (exact) mass is 203 g/mol. The molecule has 1 amide bonds. The molecule has 0 spiro atoms. The Morgan fingerprint density at radius 1 is 1.43 bits per heavy atom. The summed E-state index contributed by atoms with van der Waals surface area (Å²) in [7, 11) is 0. The fourth-order valence-electron chi connectivity index (χ4n) is 1.54. The molecule has 0 aromatic rings. The van der Waals surface area contributed by atoms with Gasteiger partial charge in [-0.1, -0.05) is 0 Å². The minimum absolute atomic E-state index is 0.357. The Labute approximate surface area is 84.0 Å². The second-order valence-electron chi connectivity index (χ2n) is 4.70.